The second kappa shape index (κ2) is 10.3. The van der Waals surface area contributed by atoms with Gasteiger partial charge in [-0.1, -0.05) is 50.6 Å². The molecule has 0 aliphatic rings. The minimum absolute atomic E-state index is 0.0649. The highest BCUT2D eigenvalue weighted by Crippen LogP contribution is 2.02. The van der Waals surface area contributed by atoms with Gasteiger partial charge in [0.25, 0.3) is 0 Å². The Morgan fingerprint density at radius 2 is 1.15 bits per heavy atom. The fourth-order valence-electron chi connectivity index (χ4n) is 1.12. The van der Waals surface area contributed by atoms with E-state index in [1.54, 1.807) is 24.3 Å². The van der Waals surface area contributed by atoms with Crippen LogP contribution in [0.5, 0.6) is 0 Å². The predicted octanol–water partition coefficient (Wildman–Crippen LogP) is 3.50. The summed E-state index contributed by atoms with van der Waals surface area (Å²) in [6, 6.07) is 0. The highest BCUT2D eigenvalue weighted by atomic mass is 16.3. The van der Waals surface area contributed by atoms with Crippen molar-refractivity contribution in [2.45, 2.75) is 0 Å². The van der Waals surface area contributed by atoms with Gasteiger partial charge in [-0.25, -0.2) is 0 Å². The highest BCUT2D eigenvalue weighted by molar-refractivity contribution is 5.84. The van der Waals surface area contributed by atoms with Gasteiger partial charge in [0.1, 0.15) is 11.5 Å². The molecule has 0 rings (SSSR count). The Morgan fingerprint density at radius 1 is 0.800 bits per heavy atom. The van der Waals surface area contributed by atoms with Crippen molar-refractivity contribution < 1.29 is 10.2 Å². The Bertz CT molecular complexity index is 449. The van der Waals surface area contributed by atoms with Crippen LogP contribution >= 0.6 is 0 Å². The normalized spacial score (nSPS) is 12.8. The van der Waals surface area contributed by atoms with Crippen LogP contribution in [-0.2, 0) is 0 Å². The third-order valence-corrected chi connectivity index (χ3v) is 2.08. The summed E-state index contributed by atoms with van der Waals surface area (Å²) in [5.74, 6) is -0.130. The maximum Gasteiger partial charge on any atom is 0.117 e. The molecule has 0 bridgehead atoms. The summed E-state index contributed by atoms with van der Waals surface area (Å²) >= 11 is 0. The molecule has 0 atom stereocenters. The van der Waals surface area contributed by atoms with Crippen molar-refractivity contribution in [3.05, 3.63) is 73.3 Å². The Kier molecular flexibility index (Phi) is 8.96. The van der Waals surface area contributed by atoms with Crippen molar-refractivity contribution in [2.75, 3.05) is 13.1 Å². The number of allylic oxidation sites excluding steroid dienone is 6. The second-order valence-electron chi connectivity index (χ2n) is 3.68. The van der Waals surface area contributed by atoms with Crippen LogP contribution in [0.1, 0.15) is 0 Å². The number of hydrogen-bond acceptors (Lipinski definition) is 4. The molecule has 0 aromatic carbocycles. The van der Waals surface area contributed by atoms with Crippen molar-refractivity contribution in [1.29, 1.82) is 0 Å². The van der Waals surface area contributed by atoms with Crippen LogP contribution in [-0.4, -0.2) is 35.7 Å². The molecule has 4 heteroatoms. The highest BCUT2D eigenvalue weighted by Gasteiger charge is 1.95. The van der Waals surface area contributed by atoms with Crippen molar-refractivity contribution >= 4 is 12.4 Å². The summed E-state index contributed by atoms with van der Waals surface area (Å²) in [6.07, 6.45) is 9.31. The van der Waals surface area contributed by atoms with Gasteiger partial charge >= 0.3 is 0 Å². The van der Waals surface area contributed by atoms with Gasteiger partial charge in [0.15, 0.2) is 0 Å². The van der Waals surface area contributed by atoms with Crippen molar-refractivity contribution in [3.8, 4) is 0 Å². The van der Waals surface area contributed by atoms with Crippen LogP contribution in [0, 0.1) is 0 Å². The molecule has 0 radical (unpaired) electrons. The van der Waals surface area contributed by atoms with Gasteiger partial charge in [0.2, 0.25) is 0 Å². The third kappa shape index (κ3) is 7.66. The molecular formula is C16H20N2O2. The minimum Gasteiger partial charge on any atom is -0.508 e. The average Bonchev–Trinajstić information content (AvgIpc) is 2.39. The first-order chi connectivity index (χ1) is 9.52. The zero-order chi connectivity index (χ0) is 15.4. The summed E-state index contributed by atoms with van der Waals surface area (Å²) in [5, 5.41) is 18.5. The summed E-state index contributed by atoms with van der Waals surface area (Å²) in [7, 11) is 0. The SMILES string of the molecule is C=C/C=C(/C=NCCN=C/C(=C/C=C)C(=C)O)C(=C)O. The Balaban J connectivity index is 4.38. The van der Waals surface area contributed by atoms with Gasteiger partial charge in [0.05, 0.1) is 13.1 Å². The summed E-state index contributed by atoms with van der Waals surface area (Å²) in [6.45, 7) is 14.8. The maximum atomic E-state index is 9.25. The van der Waals surface area contributed by atoms with E-state index >= 15 is 0 Å². The molecule has 0 saturated heterocycles. The van der Waals surface area contributed by atoms with E-state index in [0.717, 1.165) is 0 Å². The molecule has 0 saturated carbocycles. The van der Waals surface area contributed by atoms with Crippen LogP contribution in [0.3, 0.4) is 0 Å². The number of aliphatic hydroxyl groups is 2. The van der Waals surface area contributed by atoms with Crippen molar-refractivity contribution in [3.63, 3.8) is 0 Å². The lowest BCUT2D eigenvalue weighted by Gasteiger charge is -1.98. The fourth-order valence-corrected chi connectivity index (χ4v) is 1.12. The Labute approximate surface area is 119 Å². The zero-order valence-electron chi connectivity index (χ0n) is 11.5. The molecule has 20 heavy (non-hydrogen) atoms. The minimum atomic E-state index is -0.0649. The van der Waals surface area contributed by atoms with Crippen LogP contribution in [0.4, 0.5) is 0 Å². The average molecular weight is 272 g/mol. The lowest BCUT2D eigenvalue weighted by Crippen LogP contribution is -1.94. The molecule has 0 aromatic heterocycles. The van der Waals surface area contributed by atoms with E-state index in [1.807, 2.05) is 0 Å². The topological polar surface area (TPSA) is 65.2 Å². The third-order valence-electron chi connectivity index (χ3n) is 2.08. The molecule has 0 unspecified atom stereocenters. The van der Waals surface area contributed by atoms with Crippen LogP contribution in [0.25, 0.3) is 0 Å². The molecule has 0 heterocycles. The summed E-state index contributed by atoms with van der Waals surface area (Å²) < 4.78 is 0. The quantitative estimate of drug-likeness (QED) is 0.292. The first-order valence-corrected chi connectivity index (χ1v) is 5.94. The number of rotatable bonds is 9. The smallest absolute Gasteiger partial charge is 0.117 e. The number of nitrogens with zero attached hydrogens (tertiary/aromatic N) is 2. The molecule has 106 valence electrons. The van der Waals surface area contributed by atoms with Crippen molar-refractivity contribution in [1.82, 2.24) is 0 Å². The number of aliphatic imine (C=N–C) groups is 2. The van der Waals surface area contributed by atoms with E-state index in [2.05, 4.69) is 36.3 Å². The van der Waals surface area contributed by atoms with Gasteiger partial charge in [-0.2, -0.15) is 0 Å². The van der Waals surface area contributed by atoms with E-state index < -0.39 is 0 Å². The predicted molar refractivity (Wildman–Crippen MR) is 86.8 cm³/mol. The molecule has 0 amide bonds. The van der Waals surface area contributed by atoms with Gasteiger partial charge in [-0.05, 0) is 0 Å². The molecule has 0 spiro atoms. The molecule has 4 nitrogen and oxygen atoms in total. The standard InChI is InChI=1S/C16H20N2O2/c1-5-7-15(13(3)19)11-17-9-10-18-12-16(8-6-2)14(4)20/h5-8,11-12,19-20H,1-4,9-10H2/b15-7-,16-8-,17-11?,18-12?. The Morgan fingerprint density at radius 3 is 1.40 bits per heavy atom. The second-order valence-corrected chi connectivity index (χ2v) is 3.68. The van der Waals surface area contributed by atoms with Gasteiger partial charge in [0, 0.05) is 23.6 Å². The lowest BCUT2D eigenvalue weighted by molar-refractivity contribution is 0.431. The van der Waals surface area contributed by atoms with Gasteiger partial charge in [-0.3, -0.25) is 9.98 Å². The van der Waals surface area contributed by atoms with E-state index in [9.17, 15) is 10.2 Å². The number of hydrogen-bond donors (Lipinski definition) is 2. The largest absolute Gasteiger partial charge is 0.508 e. The molecule has 0 aliphatic heterocycles. The van der Waals surface area contributed by atoms with E-state index in [4.69, 9.17) is 0 Å². The molecule has 2 N–H and O–H groups in total. The first kappa shape index (κ1) is 17.4. The fraction of sp³-hybridized carbons (Fsp3) is 0.125. The zero-order valence-corrected chi connectivity index (χ0v) is 11.5. The summed E-state index contributed by atoms with van der Waals surface area (Å²) in [4.78, 5) is 8.20. The Hall–Kier alpha value is -2.62. The lowest BCUT2D eigenvalue weighted by atomic mass is 10.2. The van der Waals surface area contributed by atoms with Crippen LogP contribution < -0.4 is 0 Å². The van der Waals surface area contributed by atoms with E-state index in [1.165, 1.54) is 12.4 Å². The van der Waals surface area contributed by atoms with E-state index in [0.29, 0.717) is 24.2 Å². The molecule has 0 aliphatic carbocycles. The number of aliphatic hydroxyl groups excluding tert-OH is 2. The maximum absolute atomic E-state index is 9.25. The summed E-state index contributed by atoms with van der Waals surface area (Å²) in [5.41, 5.74) is 1.000. The molecule has 0 fully saturated rings. The van der Waals surface area contributed by atoms with Crippen LogP contribution in [0.2, 0.25) is 0 Å². The van der Waals surface area contributed by atoms with E-state index in [-0.39, 0.29) is 11.5 Å². The first-order valence-electron chi connectivity index (χ1n) is 5.94. The monoisotopic (exact) mass is 272 g/mol. The van der Waals surface area contributed by atoms with Gasteiger partial charge in [-0.15, -0.1) is 0 Å². The van der Waals surface area contributed by atoms with Crippen molar-refractivity contribution in [2.24, 2.45) is 9.98 Å². The van der Waals surface area contributed by atoms with Gasteiger partial charge < -0.3 is 10.2 Å². The van der Waals surface area contributed by atoms with Crippen LogP contribution in [0.15, 0.2) is 83.3 Å². The molecular weight excluding hydrogens is 252 g/mol. The molecule has 0 aromatic rings.